The summed E-state index contributed by atoms with van der Waals surface area (Å²) >= 11 is 3.30. The van der Waals surface area contributed by atoms with Crippen molar-refractivity contribution >= 4 is 40.0 Å². The molecular formula is C15H13BrN2O3. The van der Waals surface area contributed by atoms with Gasteiger partial charge in [0.15, 0.2) is 12.4 Å². The lowest BCUT2D eigenvalue weighted by Gasteiger charge is -2.18. The van der Waals surface area contributed by atoms with Crippen LogP contribution < -0.4 is 10.1 Å². The number of carbonyl (C=O) groups excluding carboxylic acids is 2. The third-order valence-corrected chi connectivity index (χ3v) is 3.74. The minimum atomic E-state index is -0.633. The second kappa shape index (κ2) is 6.49. The molecule has 1 aliphatic rings. The van der Waals surface area contributed by atoms with Crippen molar-refractivity contribution in [3.63, 3.8) is 0 Å². The Morgan fingerprint density at radius 3 is 2.95 bits per heavy atom. The number of amides is 1. The Labute approximate surface area is 130 Å². The molecule has 1 aromatic rings. The molecule has 5 nitrogen and oxygen atoms in total. The van der Waals surface area contributed by atoms with Gasteiger partial charge in [-0.3, -0.25) is 14.6 Å². The summed E-state index contributed by atoms with van der Waals surface area (Å²) in [5.41, 5.74) is 1.38. The van der Waals surface area contributed by atoms with E-state index in [1.807, 2.05) is 0 Å². The number of allylic oxidation sites excluding steroid dienone is 3. The van der Waals surface area contributed by atoms with E-state index in [2.05, 4.69) is 39.5 Å². The molecule has 1 aromatic carbocycles. The lowest BCUT2D eigenvalue weighted by molar-refractivity contribution is -0.118. The van der Waals surface area contributed by atoms with E-state index < -0.39 is 4.83 Å². The highest BCUT2D eigenvalue weighted by Crippen LogP contribution is 2.30. The SMILES string of the molecule is C=C/C=C(\N=C)C(Br)C(=O)c1ccc2c(c1)NC(=O)CO2. The van der Waals surface area contributed by atoms with Crippen molar-refractivity contribution < 1.29 is 14.3 Å². The van der Waals surface area contributed by atoms with Crippen LogP contribution in [0.3, 0.4) is 0 Å². The van der Waals surface area contributed by atoms with E-state index in [0.717, 1.165) is 0 Å². The smallest absolute Gasteiger partial charge is 0.262 e. The molecule has 0 saturated heterocycles. The number of benzene rings is 1. The molecule has 1 atom stereocenters. The van der Waals surface area contributed by atoms with Gasteiger partial charge >= 0.3 is 0 Å². The molecule has 0 aromatic heterocycles. The molecule has 2 rings (SSSR count). The Kier molecular flexibility index (Phi) is 4.70. The third kappa shape index (κ3) is 3.28. The summed E-state index contributed by atoms with van der Waals surface area (Å²) in [5.74, 6) is 0.0987. The molecule has 1 unspecified atom stereocenters. The normalized spacial score (nSPS) is 15.3. The summed E-state index contributed by atoms with van der Waals surface area (Å²) in [6.07, 6.45) is 3.14. The predicted molar refractivity (Wildman–Crippen MR) is 85.4 cm³/mol. The number of alkyl halides is 1. The highest BCUT2D eigenvalue weighted by atomic mass is 79.9. The molecule has 1 aliphatic heterocycles. The first kappa shape index (κ1) is 15.2. The van der Waals surface area contributed by atoms with E-state index >= 15 is 0 Å². The molecule has 6 heteroatoms. The molecule has 0 bridgehead atoms. The van der Waals surface area contributed by atoms with Crippen LogP contribution in [0, 0.1) is 0 Å². The molecule has 108 valence electrons. The maximum Gasteiger partial charge on any atom is 0.262 e. The van der Waals surface area contributed by atoms with E-state index in [1.165, 1.54) is 6.08 Å². The number of hydrogen-bond acceptors (Lipinski definition) is 4. The van der Waals surface area contributed by atoms with E-state index in [1.54, 1.807) is 24.3 Å². The summed E-state index contributed by atoms with van der Waals surface area (Å²) in [5, 5.41) is 2.66. The number of nitrogens with one attached hydrogen (secondary N) is 1. The highest BCUT2D eigenvalue weighted by molar-refractivity contribution is 9.10. The lowest BCUT2D eigenvalue weighted by Crippen LogP contribution is -2.26. The number of fused-ring (bicyclic) bond motifs is 1. The van der Waals surface area contributed by atoms with Crippen molar-refractivity contribution in [1.82, 2.24) is 0 Å². The molecule has 1 heterocycles. The maximum atomic E-state index is 12.4. The van der Waals surface area contributed by atoms with Crippen LogP contribution in [0.1, 0.15) is 10.4 Å². The average molecular weight is 349 g/mol. The van der Waals surface area contributed by atoms with Crippen molar-refractivity contribution in [2.75, 3.05) is 11.9 Å². The first-order valence-corrected chi connectivity index (χ1v) is 7.02. The van der Waals surface area contributed by atoms with Gasteiger partial charge in [0, 0.05) is 5.56 Å². The van der Waals surface area contributed by atoms with Crippen molar-refractivity contribution in [3.05, 3.63) is 48.2 Å². The largest absolute Gasteiger partial charge is 0.482 e. The van der Waals surface area contributed by atoms with Crippen LogP contribution in [0.5, 0.6) is 5.75 Å². The van der Waals surface area contributed by atoms with Gasteiger partial charge in [0.1, 0.15) is 10.6 Å². The van der Waals surface area contributed by atoms with Crippen molar-refractivity contribution in [2.45, 2.75) is 4.83 Å². The molecule has 0 fully saturated rings. The van der Waals surface area contributed by atoms with Gasteiger partial charge in [-0.25, -0.2) is 0 Å². The van der Waals surface area contributed by atoms with Crippen LogP contribution in [0.15, 0.2) is 47.6 Å². The van der Waals surface area contributed by atoms with E-state index in [4.69, 9.17) is 4.74 Å². The molecule has 1 N–H and O–H groups in total. The second-order valence-corrected chi connectivity index (χ2v) is 5.18. The van der Waals surface area contributed by atoms with E-state index in [9.17, 15) is 9.59 Å². The Bertz CT molecular complexity index is 652. The molecule has 0 aliphatic carbocycles. The molecule has 21 heavy (non-hydrogen) atoms. The lowest BCUT2D eigenvalue weighted by atomic mass is 10.0. The standard InChI is InChI=1S/C15H13BrN2O3/c1-3-4-10(17-2)14(16)15(20)9-5-6-12-11(7-9)18-13(19)8-21-12/h3-7,14H,1-2,8H2,(H,18,19)/b10-4-. The number of ketones is 1. The topological polar surface area (TPSA) is 67.8 Å². The number of carbonyl (C=O) groups is 2. The number of nitrogens with zero attached hydrogens (tertiary/aromatic N) is 1. The zero-order chi connectivity index (χ0) is 15.4. The van der Waals surface area contributed by atoms with Gasteiger partial charge in [0.25, 0.3) is 5.91 Å². The number of hydrogen-bond donors (Lipinski definition) is 1. The fraction of sp³-hybridized carbons (Fsp3) is 0.133. The zero-order valence-corrected chi connectivity index (χ0v) is 12.7. The van der Waals surface area contributed by atoms with Crippen LogP contribution in [0.25, 0.3) is 0 Å². The van der Waals surface area contributed by atoms with Gasteiger partial charge in [-0.05, 0) is 31.0 Å². The Hall–Kier alpha value is -2.21. The Morgan fingerprint density at radius 1 is 1.52 bits per heavy atom. The zero-order valence-electron chi connectivity index (χ0n) is 11.1. The molecule has 0 spiro atoms. The molecule has 0 radical (unpaired) electrons. The summed E-state index contributed by atoms with van der Waals surface area (Å²) in [4.78, 5) is 26.9. The van der Waals surface area contributed by atoms with E-state index in [-0.39, 0.29) is 18.3 Å². The van der Waals surface area contributed by atoms with Crippen LogP contribution in [-0.2, 0) is 4.79 Å². The van der Waals surface area contributed by atoms with Crippen LogP contribution >= 0.6 is 15.9 Å². The summed E-state index contributed by atoms with van der Waals surface area (Å²) < 4.78 is 5.25. The van der Waals surface area contributed by atoms with E-state index in [0.29, 0.717) is 22.7 Å². The predicted octanol–water partition coefficient (Wildman–Crippen LogP) is 2.73. The molecule has 1 amide bonds. The van der Waals surface area contributed by atoms with Crippen molar-refractivity contribution in [1.29, 1.82) is 0 Å². The quantitative estimate of drug-likeness (QED) is 0.385. The fourth-order valence-corrected chi connectivity index (χ4v) is 2.42. The summed E-state index contributed by atoms with van der Waals surface area (Å²) in [6, 6.07) is 4.87. The summed E-state index contributed by atoms with van der Waals surface area (Å²) in [7, 11) is 0. The number of Topliss-reactive ketones (excluding diaryl/α,β-unsaturated/α-hetero) is 1. The van der Waals surface area contributed by atoms with Gasteiger partial charge in [-0.15, -0.1) is 0 Å². The van der Waals surface area contributed by atoms with Gasteiger partial charge in [0.05, 0.1) is 11.4 Å². The number of aliphatic imine (C=N–C) groups is 1. The fourth-order valence-electron chi connectivity index (χ4n) is 1.86. The number of halogens is 1. The number of anilines is 1. The first-order chi connectivity index (χ1) is 10.1. The van der Waals surface area contributed by atoms with Crippen LogP contribution in [-0.4, -0.2) is 29.8 Å². The van der Waals surface area contributed by atoms with Crippen molar-refractivity contribution in [2.24, 2.45) is 4.99 Å². The third-order valence-electron chi connectivity index (χ3n) is 2.86. The van der Waals surface area contributed by atoms with Gasteiger partial charge in [-0.2, -0.15) is 0 Å². The van der Waals surface area contributed by atoms with Crippen LogP contribution in [0.4, 0.5) is 5.69 Å². The highest BCUT2D eigenvalue weighted by Gasteiger charge is 2.23. The second-order valence-electron chi connectivity index (χ2n) is 4.26. The summed E-state index contributed by atoms with van der Waals surface area (Å²) in [6.45, 7) is 6.98. The van der Waals surface area contributed by atoms with Crippen LogP contribution in [0.2, 0.25) is 0 Å². The Balaban J connectivity index is 2.29. The average Bonchev–Trinajstić information content (AvgIpc) is 2.50. The monoisotopic (exact) mass is 348 g/mol. The molecular weight excluding hydrogens is 336 g/mol. The Morgan fingerprint density at radius 2 is 2.29 bits per heavy atom. The van der Waals surface area contributed by atoms with Gasteiger partial charge in [0.2, 0.25) is 0 Å². The maximum absolute atomic E-state index is 12.4. The van der Waals surface area contributed by atoms with Crippen molar-refractivity contribution in [3.8, 4) is 5.75 Å². The molecule has 0 saturated carbocycles. The minimum Gasteiger partial charge on any atom is -0.482 e. The number of rotatable bonds is 5. The van der Waals surface area contributed by atoms with Gasteiger partial charge in [-0.1, -0.05) is 28.6 Å². The van der Waals surface area contributed by atoms with Gasteiger partial charge < -0.3 is 10.1 Å². The number of ether oxygens (including phenoxy) is 1. The minimum absolute atomic E-state index is 0.0199. The first-order valence-electron chi connectivity index (χ1n) is 6.11.